The van der Waals surface area contributed by atoms with Crippen molar-refractivity contribution in [3.05, 3.63) is 30.5 Å². The zero-order valence-electron chi connectivity index (χ0n) is 28.5. The molecule has 1 aromatic carbocycles. The summed E-state index contributed by atoms with van der Waals surface area (Å²) < 4.78 is 39.9. The van der Waals surface area contributed by atoms with E-state index in [1.165, 1.54) is 4.90 Å². The Labute approximate surface area is 287 Å². The summed E-state index contributed by atoms with van der Waals surface area (Å²) in [5.74, 6) is -0.784. The second kappa shape index (κ2) is 12.7. The first-order valence-electron chi connectivity index (χ1n) is 17.9. The van der Waals surface area contributed by atoms with Gasteiger partial charge in [0.05, 0.1) is 29.7 Å². The maximum atomic E-state index is 14.2. The van der Waals surface area contributed by atoms with Crippen molar-refractivity contribution in [2.75, 3.05) is 6.54 Å². The van der Waals surface area contributed by atoms with Gasteiger partial charge >= 0.3 is 0 Å². The minimum absolute atomic E-state index is 0.0744. The predicted molar refractivity (Wildman–Crippen MR) is 181 cm³/mol. The van der Waals surface area contributed by atoms with Crippen LogP contribution in [0.15, 0.2) is 30.5 Å². The van der Waals surface area contributed by atoms with Gasteiger partial charge in [0, 0.05) is 29.5 Å². The van der Waals surface area contributed by atoms with E-state index < -0.39 is 56.3 Å². The molecule has 3 aliphatic carbocycles. The van der Waals surface area contributed by atoms with Crippen LogP contribution in [-0.2, 0) is 24.4 Å². The van der Waals surface area contributed by atoms with E-state index in [0.717, 1.165) is 36.5 Å². The number of rotatable bonds is 7. The number of carbonyl (C=O) groups is 3. The van der Waals surface area contributed by atoms with Crippen LogP contribution in [0.3, 0.4) is 0 Å². The zero-order chi connectivity index (χ0) is 34.7. The average molecular weight is 697 g/mol. The van der Waals surface area contributed by atoms with Crippen molar-refractivity contribution in [2.45, 2.75) is 126 Å². The van der Waals surface area contributed by atoms with Gasteiger partial charge in [-0.2, -0.15) is 0 Å². The molecule has 49 heavy (non-hydrogen) atoms. The molecule has 5 fully saturated rings. The highest BCUT2D eigenvalue weighted by Gasteiger charge is 2.66. The lowest BCUT2D eigenvalue weighted by Gasteiger charge is -2.28. The van der Waals surface area contributed by atoms with E-state index in [1.807, 2.05) is 31.2 Å². The third-order valence-corrected chi connectivity index (χ3v) is 13.4. The van der Waals surface area contributed by atoms with Gasteiger partial charge in [0.25, 0.3) is 5.91 Å². The monoisotopic (exact) mass is 696 g/mol. The number of hydrogen-bond donors (Lipinski definition) is 3. The number of fused-ring (bicyclic) bond motifs is 3. The van der Waals surface area contributed by atoms with Crippen LogP contribution in [0.2, 0.25) is 0 Å². The van der Waals surface area contributed by atoms with Crippen molar-refractivity contribution >= 4 is 38.5 Å². The van der Waals surface area contributed by atoms with Crippen LogP contribution in [-0.4, -0.2) is 82.3 Å². The number of pyridine rings is 1. The first-order chi connectivity index (χ1) is 23.3. The Hall–Kier alpha value is -3.45. The molecule has 3 heterocycles. The van der Waals surface area contributed by atoms with Gasteiger partial charge in [-0.1, -0.05) is 44.9 Å². The van der Waals surface area contributed by atoms with E-state index in [1.54, 1.807) is 13.1 Å². The lowest BCUT2D eigenvalue weighted by molar-refractivity contribution is -0.140. The quantitative estimate of drug-likeness (QED) is 0.393. The molecule has 3 saturated carbocycles. The first-order valence-corrected chi connectivity index (χ1v) is 19.3. The molecule has 7 rings (SSSR count). The van der Waals surface area contributed by atoms with E-state index in [-0.39, 0.29) is 43.7 Å². The Bertz CT molecular complexity index is 1740. The SMILES string of the molecule is C[C@@H]1CCCC(O)[C@@H]2C[C@@]2(C(=O)NS(=O)(=O)C2(C)CC2)NC(=O)[C@@H]2C[C@@H](Oc3ncc(OC4CC4)c4ccccc34)CN2C(=O)C[C@H](C)C1. The lowest BCUT2D eigenvalue weighted by Crippen LogP contribution is -2.58. The minimum Gasteiger partial charge on any atom is -0.488 e. The van der Waals surface area contributed by atoms with E-state index in [4.69, 9.17) is 9.47 Å². The smallest absolute Gasteiger partial charge is 0.259 e. The van der Waals surface area contributed by atoms with Crippen LogP contribution in [0.4, 0.5) is 0 Å². The number of sulfonamides is 1. The summed E-state index contributed by atoms with van der Waals surface area (Å²) in [5, 5.41) is 15.7. The Balaban J connectivity index is 1.16. The van der Waals surface area contributed by atoms with Crippen molar-refractivity contribution in [3.8, 4) is 11.6 Å². The summed E-state index contributed by atoms with van der Waals surface area (Å²) >= 11 is 0. The maximum absolute atomic E-state index is 14.2. The van der Waals surface area contributed by atoms with Gasteiger partial charge in [-0.05, 0) is 69.8 Å². The second-order valence-corrected chi connectivity index (χ2v) is 17.8. The zero-order valence-corrected chi connectivity index (χ0v) is 29.3. The third-order valence-electron chi connectivity index (χ3n) is 11.3. The standard InChI is InChI=1S/C36H48N4O8S/c1-21-7-6-10-29(41)27-18-36(27,34(44)39-49(45,46)35(3)13-14-35)38-32(43)28-17-24(20-40(28)31(42)16-22(2)15-21)48-33-26-9-5-4-8-25(26)30(19-37-33)47-23-11-12-23/h4-5,8-9,19,21-24,27-29,41H,6-7,10-18,20H2,1-3H3,(H,38,43)(H,39,44)/t21-,22-,24-,27+,28+,29?,36-/m1/s1. The Morgan fingerprint density at radius 1 is 1.02 bits per heavy atom. The van der Waals surface area contributed by atoms with Gasteiger partial charge in [-0.15, -0.1) is 0 Å². The van der Waals surface area contributed by atoms with Crippen molar-refractivity contribution in [3.63, 3.8) is 0 Å². The second-order valence-electron chi connectivity index (χ2n) is 15.6. The normalized spacial score (nSPS) is 33.3. The topological polar surface area (TPSA) is 164 Å². The summed E-state index contributed by atoms with van der Waals surface area (Å²) in [7, 11) is -3.99. The highest BCUT2D eigenvalue weighted by atomic mass is 32.2. The summed E-state index contributed by atoms with van der Waals surface area (Å²) in [6.45, 7) is 5.91. The Kier molecular flexibility index (Phi) is 8.82. The molecule has 2 saturated heterocycles. The largest absolute Gasteiger partial charge is 0.488 e. The Morgan fingerprint density at radius 2 is 1.76 bits per heavy atom. The molecule has 0 bridgehead atoms. The van der Waals surface area contributed by atoms with Gasteiger partial charge in [0.1, 0.15) is 23.4 Å². The molecule has 1 unspecified atom stereocenters. The number of nitrogens with one attached hydrogen (secondary N) is 2. The molecule has 7 atom stereocenters. The van der Waals surface area contributed by atoms with Gasteiger partial charge in [-0.3, -0.25) is 19.1 Å². The van der Waals surface area contributed by atoms with E-state index >= 15 is 0 Å². The van der Waals surface area contributed by atoms with Crippen molar-refractivity contribution < 1.29 is 37.4 Å². The average Bonchev–Trinajstić information content (AvgIpc) is 3.99. The number of aliphatic hydroxyl groups is 1. The van der Waals surface area contributed by atoms with Gasteiger partial charge < -0.3 is 24.8 Å². The molecular formula is C36H48N4O8S. The molecule has 13 heteroatoms. The van der Waals surface area contributed by atoms with Crippen molar-refractivity contribution in [2.24, 2.45) is 17.8 Å². The van der Waals surface area contributed by atoms with Crippen molar-refractivity contribution in [1.82, 2.24) is 19.9 Å². The van der Waals surface area contributed by atoms with Gasteiger partial charge in [-0.25, -0.2) is 13.4 Å². The molecule has 5 aliphatic rings. The van der Waals surface area contributed by atoms with E-state index in [0.29, 0.717) is 43.2 Å². The summed E-state index contributed by atoms with van der Waals surface area (Å²) in [6, 6.07) is 6.71. The van der Waals surface area contributed by atoms with Crippen LogP contribution in [0.5, 0.6) is 11.6 Å². The number of hydrogen-bond acceptors (Lipinski definition) is 9. The fourth-order valence-corrected chi connectivity index (χ4v) is 9.05. The molecule has 2 aliphatic heterocycles. The van der Waals surface area contributed by atoms with Gasteiger partial charge in [0.15, 0.2) is 0 Å². The molecule has 12 nitrogen and oxygen atoms in total. The highest BCUT2D eigenvalue weighted by molar-refractivity contribution is 7.91. The van der Waals surface area contributed by atoms with E-state index in [2.05, 4.69) is 21.9 Å². The highest BCUT2D eigenvalue weighted by Crippen LogP contribution is 2.49. The van der Waals surface area contributed by atoms with Crippen LogP contribution < -0.4 is 19.5 Å². The molecule has 0 radical (unpaired) electrons. The maximum Gasteiger partial charge on any atom is 0.259 e. The molecular weight excluding hydrogens is 648 g/mol. The number of aromatic nitrogens is 1. The van der Waals surface area contributed by atoms with Crippen LogP contribution in [0.1, 0.15) is 91.4 Å². The first kappa shape index (κ1) is 34.0. The number of aliphatic hydroxyl groups excluding tert-OH is 1. The van der Waals surface area contributed by atoms with Gasteiger partial charge in [0.2, 0.25) is 27.7 Å². The molecule has 1 aromatic heterocycles. The predicted octanol–water partition coefficient (Wildman–Crippen LogP) is 3.59. The Morgan fingerprint density at radius 3 is 2.47 bits per heavy atom. The number of benzene rings is 1. The lowest BCUT2D eigenvalue weighted by atomic mass is 9.90. The molecule has 3 N–H and O–H groups in total. The fourth-order valence-electron chi connectivity index (χ4n) is 7.74. The van der Waals surface area contributed by atoms with Crippen LogP contribution in [0.25, 0.3) is 10.8 Å². The number of amides is 3. The minimum atomic E-state index is -3.99. The number of ether oxygens (including phenoxy) is 2. The molecule has 3 amide bonds. The third kappa shape index (κ3) is 6.85. The molecule has 2 aromatic rings. The van der Waals surface area contributed by atoms with Crippen LogP contribution in [0, 0.1) is 17.8 Å². The van der Waals surface area contributed by atoms with Crippen LogP contribution >= 0.6 is 0 Å². The fraction of sp³-hybridized carbons (Fsp3) is 0.667. The summed E-state index contributed by atoms with van der Waals surface area (Å²) in [4.78, 5) is 48.0. The summed E-state index contributed by atoms with van der Waals surface area (Å²) in [5.41, 5.74) is -1.60. The molecule has 0 spiro atoms. The van der Waals surface area contributed by atoms with Crippen molar-refractivity contribution in [1.29, 1.82) is 0 Å². The number of carbonyl (C=O) groups excluding carboxylic acids is 3. The summed E-state index contributed by atoms with van der Waals surface area (Å²) in [6.07, 6.45) is 6.61. The molecule has 266 valence electrons. The number of nitrogens with zero attached hydrogens (tertiary/aromatic N) is 2. The van der Waals surface area contributed by atoms with E-state index in [9.17, 15) is 27.9 Å².